The van der Waals surface area contributed by atoms with Crippen molar-refractivity contribution >= 4 is 28.6 Å². The quantitative estimate of drug-likeness (QED) is 0.239. The van der Waals surface area contributed by atoms with Crippen LogP contribution in [0.4, 0.5) is 8.78 Å². The van der Waals surface area contributed by atoms with Crippen molar-refractivity contribution in [3.63, 3.8) is 0 Å². The zero-order chi connectivity index (χ0) is 25.2. The minimum atomic E-state index is -0.949. The molecule has 1 saturated carbocycles. The van der Waals surface area contributed by atoms with Crippen LogP contribution in [0, 0.1) is 17.6 Å². The summed E-state index contributed by atoms with van der Waals surface area (Å²) in [4.78, 5) is 16.1. The first kappa shape index (κ1) is 24.3. The molecule has 0 saturated heterocycles. The number of hydrogen-bond donors (Lipinski definition) is 0. The van der Waals surface area contributed by atoms with Gasteiger partial charge in [0.2, 0.25) is 0 Å². The van der Waals surface area contributed by atoms with Gasteiger partial charge in [-0.3, -0.25) is 4.79 Å². The van der Waals surface area contributed by atoms with Gasteiger partial charge in [0, 0.05) is 30.1 Å². The van der Waals surface area contributed by atoms with Crippen molar-refractivity contribution in [2.45, 2.75) is 32.2 Å². The molecule has 0 unspecified atom stereocenters. The number of carbonyl (C=O) groups excluding carboxylic acids is 1. The fraction of sp³-hybridized carbons (Fsp3) is 0.286. The normalized spacial score (nSPS) is 13.2. The van der Waals surface area contributed by atoms with E-state index in [4.69, 9.17) is 21.1 Å². The largest absolute Gasteiger partial charge is 0.492 e. The van der Waals surface area contributed by atoms with Crippen LogP contribution >= 0.6 is 11.6 Å². The topological polar surface area (TPSA) is 53.4 Å². The summed E-state index contributed by atoms with van der Waals surface area (Å²) in [5.41, 5.74) is 3.47. The van der Waals surface area contributed by atoms with Crippen molar-refractivity contribution in [2.75, 3.05) is 13.7 Å². The summed E-state index contributed by atoms with van der Waals surface area (Å²) in [5.74, 6) is -0.482. The summed E-state index contributed by atoms with van der Waals surface area (Å²) in [6, 6.07) is 15.4. The average molecular weight is 511 g/mol. The van der Waals surface area contributed by atoms with Crippen LogP contribution in [-0.4, -0.2) is 29.2 Å². The summed E-state index contributed by atoms with van der Waals surface area (Å²) in [7, 11) is 1.37. The number of halogens is 3. The van der Waals surface area contributed by atoms with Gasteiger partial charge in [0.1, 0.15) is 11.6 Å². The van der Waals surface area contributed by atoms with Crippen molar-refractivity contribution in [3.8, 4) is 17.1 Å². The van der Waals surface area contributed by atoms with E-state index in [0.29, 0.717) is 65.1 Å². The number of fused-ring (bicyclic) bond motifs is 1. The standard InChI is InChI=1S/C28H25ClF2N2O3/c1-35-27(34)11-8-17-2-4-18(5-3-17)15-33-25-14-23(31)22(30)13-24(25)32-28(33)21-10-9-20(29)12-26(21)36-16-19-6-7-19/h2-5,9-10,12-14,19H,6-8,11,15-16H2,1H3. The number of carbonyl (C=O) groups is 1. The van der Waals surface area contributed by atoms with E-state index in [-0.39, 0.29) is 5.97 Å². The van der Waals surface area contributed by atoms with Crippen LogP contribution in [0.25, 0.3) is 22.4 Å². The molecule has 1 fully saturated rings. The number of aromatic nitrogens is 2. The molecule has 0 amide bonds. The molecule has 0 spiro atoms. The van der Waals surface area contributed by atoms with E-state index in [1.807, 2.05) is 34.9 Å². The Kier molecular flexibility index (Phi) is 6.92. The third-order valence-corrected chi connectivity index (χ3v) is 6.59. The molecule has 36 heavy (non-hydrogen) atoms. The maximum atomic E-state index is 14.3. The van der Waals surface area contributed by atoms with E-state index in [2.05, 4.69) is 4.98 Å². The Morgan fingerprint density at radius 1 is 1.06 bits per heavy atom. The highest BCUT2D eigenvalue weighted by atomic mass is 35.5. The molecule has 1 aromatic heterocycles. The number of rotatable bonds is 9. The molecule has 0 bridgehead atoms. The number of ether oxygens (including phenoxy) is 2. The highest BCUT2D eigenvalue weighted by Gasteiger charge is 2.24. The second kappa shape index (κ2) is 10.3. The number of benzene rings is 3. The van der Waals surface area contributed by atoms with Crippen LogP contribution in [0.5, 0.6) is 5.75 Å². The second-order valence-corrected chi connectivity index (χ2v) is 9.50. The smallest absolute Gasteiger partial charge is 0.305 e. The number of methoxy groups -OCH3 is 1. The molecule has 5 rings (SSSR count). The Balaban J connectivity index is 1.52. The van der Waals surface area contributed by atoms with Gasteiger partial charge in [-0.1, -0.05) is 35.9 Å². The molecule has 1 heterocycles. The molecule has 0 N–H and O–H groups in total. The molecular formula is C28H25ClF2N2O3. The van der Waals surface area contributed by atoms with Gasteiger partial charge >= 0.3 is 5.97 Å². The average Bonchev–Trinajstić information content (AvgIpc) is 3.65. The van der Waals surface area contributed by atoms with Crippen molar-refractivity contribution in [2.24, 2.45) is 5.92 Å². The van der Waals surface area contributed by atoms with Gasteiger partial charge in [0.15, 0.2) is 11.6 Å². The van der Waals surface area contributed by atoms with Crippen LogP contribution in [0.15, 0.2) is 54.6 Å². The molecule has 1 aliphatic rings. The van der Waals surface area contributed by atoms with Crippen molar-refractivity contribution < 1.29 is 23.0 Å². The molecule has 5 nitrogen and oxygen atoms in total. The molecular weight excluding hydrogens is 486 g/mol. The third-order valence-electron chi connectivity index (χ3n) is 6.36. The van der Waals surface area contributed by atoms with E-state index < -0.39 is 11.6 Å². The molecule has 0 aliphatic heterocycles. The van der Waals surface area contributed by atoms with Gasteiger partial charge in [0.25, 0.3) is 0 Å². The highest BCUT2D eigenvalue weighted by Crippen LogP contribution is 2.37. The van der Waals surface area contributed by atoms with E-state index >= 15 is 0 Å². The maximum Gasteiger partial charge on any atom is 0.305 e. The lowest BCUT2D eigenvalue weighted by Crippen LogP contribution is -2.06. The Morgan fingerprint density at radius 2 is 1.78 bits per heavy atom. The lowest BCUT2D eigenvalue weighted by Gasteiger charge is -2.14. The Labute approximate surface area is 212 Å². The molecule has 0 radical (unpaired) electrons. The lowest BCUT2D eigenvalue weighted by atomic mass is 10.1. The van der Waals surface area contributed by atoms with E-state index in [1.165, 1.54) is 13.2 Å². The van der Waals surface area contributed by atoms with Crippen LogP contribution in [-0.2, 0) is 22.5 Å². The van der Waals surface area contributed by atoms with Gasteiger partial charge in [0.05, 0.1) is 30.3 Å². The number of esters is 1. The first-order valence-electron chi connectivity index (χ1n) is 11.8. The Bertz CT molecular complexity index is 1410. The predicted octanol–water partition coefficient (Wildman–Crippen LogP) is 6.58. The van der Waals surface area contributed by atoms with E-state index in [9.17, 15) is 13.6 Å². The fourth-order valence-electron chi connectivity index (χ4n) is 4.12. The van der Waals surface area contributed by atoms with Gasteiger partial charge in [-0.25, -0.2) is 13.8 Å². The van der Waals surface area contributed by atoms with Gasteiger partial charge in [-0.2, -0.15) is 0 Å². The first-order valence-corrected chi connectivity index (χ1v) is 12.2. The fourth-order valence-corrected chi connectivity index (χ4v) is 4.28. The molecule has 1 aliphatic carbocycles. The molecule has 186 valence electrons. The van der Waals surface area contributed by atoms with Crippen LogP contribution in [0.1, 0.15) is 30.4 Å². The third kappa shape index (κ3) is 5.36. The Hall–Kier alpha value is -3.45. The number of nitrogens with zero attached hydrogens (tertiary/aromatic N) is 2. The van der Waals surface area contributed by atoms with Crippen LogP contribution in [0.3, 0.4) is 0 Å². The Morgan fingerprint density at radius 3 is 2.50 bits per heavy atom. The predicted molar refractivity (Wildman–Crippen MR) is 134 cm³/mol. The van der Waals surface area contributed by atoms with E-state index in [0.717, 1.165) is 30.0 Å². The van der Waals surface area contributed by atoms with Crippen LogP contribution in [0.2, 0.25) is 5.02 Å². The monoisotopic (exact) mass is 510 g/mol. The summed E-state index contributed by atoms with van der Waals surface area (Å²) in [6.45, 7) is 0.961. The van der Waals surface area contributed by atoms with Gasteiger partial charge in [-0.15, -0.1) is 0 Å². The number of hydrogen-bond acceptors (Lipinski definition) is 4. The van der Waals surface area contributed by atoms with Gasteiger partial charge in [-0.05, 0) is 54.5 Å². The minimum absolute atomic E-state index is 0.259. The summed E-state index contributed by atoms with van der Waals surface area (Å²) in [6.07, 6.45) is 3.16. The van der Waals surface area contributed by atoms with Crippen molar-refractivity contribution in [1.29, 1.82) is 0 Å². The summed E-state index contributed by atoms with van der Waals surface area (Å²) < 4.78 is 41.0. The van der Waals surface area contributed by atoms with Crippen LogP contribution < -0.4 is 4.74 Å². The molecule has 4 aromatic rings. The summed E-state index contributed by atoms with van der Waals surface area (Å²) in [5, 5.41) is 0.534. The molecule has 0 atom stereocenters. The SMILES string of the molecule is COC(=O)CCc1ccc(Cn2c(-c3ccc(Cl)cc3OCC3CC3)nc3cc(F)c(F)cc32)cc1. The van der Waals surface area contributed by atoms with Crippen molar-refractivity contribution in [3.05, 3.63) is 82.4 Å². The second-order valence-electron chi connectivity index (χ2n) is 9.06. The number of aryl methyl sites for hydroxylation is 1. The van der Waals surface area contributed by atoms with Gasteiger partial charge < -0.3 is 14.0 Å². The van der Waals surface area contributed by atoms with E-state index in [1.54, 1.807) is 12.1 Å². The zero-order valence-corrected chi connectivity index (χ0v) is 20.5. The van der Waals surface area contributed by atoms with Crippen molar-refractivity contribution in [1.82, 2.24) is 9.55 Å². The first-order chi connectivity index (χ1) is 17.4. The number of imidazole rings is 1. The summed E-state index contributed by atoms with van der Waals surface area (Å²) >= 11 is 6.26. The molecule has 8 heteroatoms. The maximum absolute atomic E-state index is 14.3. The highest BCUT2D eigenvalue weighted by molar-refractivity contribution is 6.30. The zero-order valence-electron chi connectivity index (χ0n) is 19.8. The minimum Gasteiger partial charge on any atom is -0.492 e. The lowest BCUT2D eigenvalue weighted by molar-refractivity contribution is -0.140. The molecule has 3 aromatic carbocycles.